The van der Waals surface area contributed by atoms with Crippen molar-refractivity contribution in [1.82, 2.24) is 10.3 Å². The van der Waals surface area contributed by atoms with E-state index in [9.17, 15) is 4.39 Å². The second kappa shape index (κ2) is 6.56. The predicted molar refractivity (Wildman–Crippen MR) is 98.4 cm³/mol. The molecule has 1 unspecified atom stereocenters. The number of rotatable bonds is 4. The Labute approximate surface area is 153 Å². The largest absolute Gasteiger partial charge is 0.474 e. The molecule has 1 aromatic heterocycles. The first-order chi connectivity index (χ1) is 11.4. The van der Waals surface area contributed by atoms with E-state index in [-0.39, 0.29) is 24.3 Å². The Kier molecular flexibility index (Phi) is 4.75. The summed E-state index contributed by atoms with van der Waals surface area (Å²) in [5.74, 6) is 1.53. The van der Waals surface area contributed by atoms with Crippen LogP contribution in [-0.2, 0) is 5.54 Å². The molecule has 1 aliphatic heterocycles. The molecule has 25 heavy (non-hydrogen) atoms. The van der Waals surface area contributed by atoms with E-state index in [0.717, 1.165) is 29.9 Å². The molecule has 1 aliphatic carbocycles. The molecule has 0 amide bonds. The number of halogens is 2. The highest BCUT2D eigenvalue weighted by Crippen LogP contribution is 2.44. The van der Waals surface area contributed by atoms with Gasteiger partial charge in [0.2, 0.25) is 5.88 Å². The summed E-state index contributed by atoms with van der Waals surface area (Å²) in [6.07, 6.45) is 0.246. The number of hydrogen-bond donors (Lipinski definition) is 2. The Bertz CT molecular complexity index is 750. The molecular weight excluding hydrogens is 341 g/mol. The number of pyridine rings is 1. The van der Waals surface area contributed by atoms with Gasteiger partial charge in [-0.15, -0.1) is 12.4 Å². The van der Waals surface area contributed by atoms with Gasteiger partial charge in [0.1, 0.15) is 11.9 Å². The third kappa shape index (κ3) is 3.64. The summed E-state index contributed by atoms with van der Waals surface area (Å²) in [6, 6.07) is 10.2. The van der Waals surface area contributed by atoms with E-state index >= 15 is 0 Å². The van der Waals surface area contributed by atoms with Crippen molar-refractivity contribution in [2.24, 2.45) is 17.6 Å². The Hall–Kier alpha value is -1.69. The van der Waals surface area contributed by atoms with Crippen LogP contribution in [0, 0.1) is 17.7 Å². The van der Waals surface area contributed by atoms with Crippen LogP contribution >= 0.6 is 12.4 Å². The van der Waals surface area contributed by atoms with Crippen molar-refractivity contribution >= 4 is 12.4 Å². The first-order valence-electron chi connectivity index (χ1n) is 8.36. The minimum absolute atomic E-state index is 0. The van der Waals surface area contributed by atoms with Crippen molar-refractivity contribution in [2.45, 2.75) is 25.5 Å². The van der Waals surface area contributed by atoms with E-state index in [1.54, 1.807) is 12.1 Å². The number of fused-ring (bicyclic) bond motifs is 1. The van der Waals surface area contributed by atoms with Gasteiger partial charge in [0.05, 0.1) is 5.69 Å². The maximum atomic E-state index is 13.2. The minimum atomic E-state index is -0.503. The summed E-state index contributed by atoms with van der Waals surface area (Å²) < 4.78 is 19.3. The lowest BCUT2D eigenvalue weighted by Crippen LogP contribution is -2.29. The lowest BCUT2D eigenvalue weighted by atomic mass is 9.95. The molecule has 1 saturated heterocycles. The molecule has 134 valence electrons. The smallest absolute Gasteiger partial charge is 0.214 e. The Morgan fingerprint density at radius 2 is 1.80 bits per heavy atom. The molecule has 2 aliphatic rings. The van der Waals surface area contributed by atoms with Crippen LogP contribution in [0.4, 0.5) is 4.39 Å². The standard InChI is InChI=1S/C19H22FN3O.ClH/c1-19(2,21)12-7-16(11-3-5-13(20)6-4-11)23-17(8-12)24-18-14-9-22-10-15(14)18;/h3-8,14-15,18,22H,9-10,21H2,1-2H3;1H/t14-,15+,18?;. The summed E-state index contributed by atoms with van der Waals surface area (Å²) in [5.41, 5.74) is 8.34. The number of ether oxygens (including phenoxy) is 1. The molecule has 1 aromatic carbocycles. The number of piperidine rings is 1. The summed E-state index contributed by atoms with van der Waals surface area (Å²) in [6.45, 7) is 5.94. The minimum Gasteiger partial charge on any atom is -0.474 e. The van der Waals surface area contributed by atoms with E-state index in [1.165, 1.54) is 12.1 Å². The van der Waals surface area contributed by atoms with Crippen molar-refractivity contribution in [3.63, 3.8) is 0 Å². The van der Waals surface area contributed by atoms with Gasteiger partial charge in [0, 0.05) is 42.1 Å². The molecule has 2 heterocycles. The van der Waals surface area contributed by atoms with E-state index in [0.29, 0.717) is 17.7 Å². The third-order valence-corrected chi connectivity index (χ3v) is 4.96. The van der Waals surface area contributed by atoms with Gasteiger partial charge in [0.15, 0.2) is 0 Å². The predicted octanol–water partition coefficient (Wildman–Crippen LogP) is 3.10. The lowest BCUT2D eigenvalue weighted by molar-refractivity contribution is 0.251. The van der Waals surface area contributed by atoms with Gasteiger partial charge in [-0.05, 0) is 49.7 Å². The van der Waals surface area contributed by atoms with Crippen LogP contribution in [0.25, 0.3) is 11.3 Å². The highest BCUT2D eigenvalue weighted by molar-refractivity contribution is 5.85. The highest BCUT2D eigenvalue weighted by atomic mass is 35.5. The Morgan fingerprint density at radius 3 is 2.40 bits per heavy atom. The summed E-state index contributed by atoms with van der Waals surface area (Å²) in [5, 5.41) is 3.36. The van der Waals surface area contributed by atoms with Gasteiger partial charge in [-0.1, -0.05) is 0 Å². The molecule has 3 atom stereocenters. The zero-order valence-corrected chi connectivity index (χ0v) is 15.1. The van der Waals surface area contributed by atoms with Gasteiger partial charge >= 0.3 is 0 Å². The fourth-order valence-corrected chi connectivity index (χ4v) is 3.38. The van der Waals surface area contributed by atoms with E-state index < -0.39 is 5.54 Å². The first-order valence-corrected chi connectivity index (χ1v) is 8.36. The van der Waals surface area contributed by atoms with Crippen molar-refractivity contribution < 1.29 is 9.13 Å². The van der Waals surface area contributed by atoms with Crippen LogP contribution in [0.5, 0.6) is 5.88 Å². The maximum absolute atomic E-state index is 13.2. The maximum Gasteiger partial charge on any atom is 0.214 e. The summed E-state index contributed by atoms with van der Waals surface area (Å²) in [4.78, 5) is 4.63. The van der Waals surface area contributed by atoms with E-state index in [2.05, 4.69) is 10.3 Å². The van der Waals surface area contributed by atoms with Crippen LogP contribution in [0.1, 0.15) is 19.4 Å². The number of hydrogen-bond acceptors (Lipinski definition) is 4. The topological polar surface area (TPSA) is 60.2 Å². The molecule has 0 bridgehead atoms. The van der Waals surface area contributed by atoms with Gasteiger partial charge in [-0.25, -0.2) is 9.37 Å². The normalized spacial score (nSPS) is 24.4. The number of benzene rings is 1. The Morgan fingerprint density at radius 1 is 1.16 bits per heavy atom. The number of aromatic nitrogens is 1. The second-order valence-corrected chi connectivity index (χ2v) is 7.38. The van der Waals surface area contributed by atoms with Crippen molar-refractivity contribution in [1.29, 1.82) is 0 Å². The molecular formula is C19H23ClFN3O. The lowest BCUT2D eigenvalue weighted by Gasteiger charge is -2.21. The van der Waals surface area contributed by atoms with Crippen molar-refractivity contribution in [3.05, 3.63) is 47.8 Å². The van der Waals surface area contributed by atoms with E-state index in [4.69, 9.17) is 10.5 Å². The fourth-order valence-electron chi connectivity index (χ4n) is 3.38. The van der Waals surface area contributed by atoms with Gasteiger partial charge < -0.3 is 15.8 Å². The molecule has 2 aromatic rings. The van der Waals surface area contributed by atoms with Gasteiger partial charge in [-0.3, -0.25) is 0 Å². The summed E-state index contributed by atoms with van der Waals surface area (Å²) in [7, 11) is 0. The molecule has 4 nitrogen and oxygen atoms in total. The number of nitrogens with zero attached hydrogens (tertiary/aromatic N) is 1. The monoisotopic (exact) mass is 363 g/mol. The molecule has 1 saturated carbocycles. The molecule has 6 heteroatoms. The fraction of sp³-hybridized carbons (Fsp3) is 0.421. The number of nitrogens with one attached hydrogen (secondary N) is 1. The Balaban J connectivity index is 0.00000182. The van der Waals surface area contributed by atoms with Crippen LogP contribution < -0.4 is 15.8 Å². The molecule has 2 fully saturated rings. The first kappa shape index (κ1) is 18.1. The van der Waals surface area contributed by atoms with Crippen molar-refractivity contribution in [2.75, 3.05) is 13.1 Å². The van der Waals surface area contributed by atoms with E-state index in [1.807, 2.05) is 26.0 Å². The van der Waals surface area contributed by atoms with Crippen LogP contribution in [-0.4, -0.2) is 24.2 Å². The third-order valence-electron chi connectivity index (χ3n) is 4.96. The van der Waals surface area contributed by atoms with Crippen LogP contribution in [0.2, 0.25) is 0 Å². The zero-order chi connectivity index (χ0) is 16.9. The molecule has 4 rings (SSSR count). The number of nitrogens with two attached hydrogens (primary N) is 1. The van der Waals surface area contributed by atoms with Gasteiger partial charge in [-0.2, -0.15) is 0 Å². The quantitative estimate of drug-likeness (QED) is 0.876. The van der Waals surface area contributed by atoms with Gasteiger partial charge in [0.25, 0.3) is 0 Å². The summed E-state index contributed by atoms with van der Waals surface area (Å²) >= 11 is 0. The van der Waals surface area contributed by atoms with Crippen molar-refractivity contribution in [3.8, 4) is 17.1 Å². The molecule has 0 spiro atoms. The van der Waals surface area contributed by atoms with Crippen LogP contribution in [0.15, 0.2) is 36.4 Å². The average molecular weight is 364 g/mol. The highest BCUT2D eigenvalue weighted by Gasteiger charge is 2.55. The zero-order valence-electron chi connectivity index (χ0n) is 14.3. The van der Waals surface area contributed by atoms with Crippen LogP contribution in [0.3, 0.4) is 0 Å². The SMILES string of the molecule is CC(C)(N)c1cc(OC2[C@H]3CNC[C@@H]23)nc(-c2ccc(F)cc2)c1.Cl. The second-order valence-electron chi connectivity index (χ2n) is 7.38. The average Bonchev–Trinajstić information content (AvgIpc) is 2.95. The molecule has 0 radical (unpaired) electrons. The molecule has 3 N–H and O–H groups in total.